The van der Waals surface area contributed by atoms with Crippen molar-refractivity contribution in [3.8, 4) is 17.0 Å². The third kappa shape index (κ3) is 5.17. The van der Waals surface area contributed by atoms with Gasteiger partial charge in [-0.15, -0.1) is 11.3 Å². The van der Waals surface area contributed by atoms with Crippen LogP contribution < -0.4 is 10.1 Å². The highest BCUT2D eigenvalue weighted by Crippen LogP contribution is 2.34. The molecule has 0 amide bonds. The van der Waals surface area contributed by atoms with E-state index in [0.29, 0.717) is 23.5 Å². The van der Waals surface area contributed by atoms with Crippen LogP contribution in [-0.2, 0) is 24.1 Å². The predicted molar refractivity (Wildman–Crippen MR) is 133 cm³/mol. The minimum absolute atomic E-state index is 0.00736. The Labute approximate surface area is 201 Å². The van der Waals surface area contributed by atoms with Gasteiger partial charge in [-0.3, -0.25) is 4.79 Å². The lowest BCUT2D eigenvalue weighted by atomic mass is 9.97. The number of carboxylic acid groups (broad SMARTS) is 1. The number of aromatic nitrogens is 2. The van der Waals surface area contributed by atoms with Gasteiger partial charge >= 0.3 is 5.97 Å². The lowest BCUT2D eigenvalue weighted by molar-refractivity contribution is -0.136. The van der Waals surface area contributed by atoms with Crippen LogP contribution in [-0.4, -0.2) is 34.7 Å². The van der Waals surface area contributed by atoms with Gasteiger partial charge in [-0.05, 0) is 58.5 Å². The molecule has 176 valence electrons. The number of rotatable bonds is 10. The summed E-state index contributed by atoms with van der Waals surface area (Å²) in [5.41, 5.74) is 4.31. The van der Waals surface area contributed by atoms with Crippen molar-refractivity contribution in [2.45, 2.75) is 32.6 Å². The molecule has 0 aliphatic heterocycles. The van der Waals surface area contributed by atoms with Crippen LogP contribution in [0.3, 0.4) is 0 Å². The van der Waals surface area contributed by atoms with E-state index in [1.54, 1.807) is 0 Å². The average molecular weight is 480 g/mol. The maximum Gasteiger partial charge on any atom is 0.307 e. The molecule has 2 aromatic heterocycles. The summed E-state index contributed by atoms with van der Waals surface area (Å²) in [4.78, 5) is 19.9. The zero-order chi connectivity index (χ0) is 24.1. The molecule has 4 rings (SSSR count). The average Bonchev–Trinajstić information content (AvgIpc) is 3.29. The number of thiophene rings is 1. The summed E-state index contributed by atoms with van der Waals surface area (Å²) in [6, 6.07) is 11.5. The fourth-order valence-corrected chi connectivity index (χ4v) is 4.88. The Morgan fingerprint density at radius 1 is 1.12 bits per heavy atom. The molecule has 0 atom stereocenters. The maximum atomic E-state index is 14.8. The molecule has 4 aromatic rings. The second-order valence-corrected chi connectivity index (χ2v) is 8.91. The fraction of sp³-hybridized carbons (Fsp3) is 0.269. The van der Waals surface area contributed by atoms with Gasteiger partial charge in [0, 0.05) is 18.2 Å². The van der Waals surface area contributed by atoms with Crippen molar-refractivity contribution in [3.63, 3.8) is 0 Å². The summed E-state index contributed by atoms with van der Waals surface area (Å²) in [7, 11) is 1.49. The number of benzene rings is 2. The van der Waals surface area contributed by atoms with Gasteiger partial charge in [0.25, 0.3) is 0 Å². The van der Waals surface area contributed by atoms with Gasteiger partial charge in [-0.1, -0.05) is 25.5 Å². The first-order valence-electron chi connectivity index (χ1n) is 11.1. The summed E-state index contributed by atoms with van der Waals surface area (Å²) in [6.45, 7) is 2.61. The standard InChI is InChI=1S/C26H26FN3O3S/c1-3-4-16-11-18(6-5-17(16)13-23(31)32)21-14-22(30-15-29-21)28-9-7-19-12-20-8-10-34-26(20)24(27)25(19)33-2/h5-6,8,10-12,14-15H,3-4,7,9,13H2,1-2H3,(H,31,32)(H,28,29,30). The van der Waals surface area contributed by atoms with Crippen LogP contribution in [0.4, 0.5) is 10.2 Å². The number of hydrogen-bond donors (Lipinski definition) is 2. The highest BCUT2D eigenvalue weighted by Gasteiger charge is 2.15. The quantitative estimate of drug-likeness (QED) is 0.302. The predicted octanol–water partition coefficient (Wildman–Crippen LogP) is 5.74. The zero-order valence-electron chi connectivity index (χ0n) is 19.1. The normalized spacial score (nSPS) is 11.0. The Hall–Kier alpha value is -3.52. The fourth-order valence-electron chi connectivity index (χ4n) is 4.07. The van der Waals surface area contributed by atoms with E-state index < -0.39 is 5.97 Å². The summed E-state index contributed by atoms with van der Waals surface area (Å²) < 4.78 is 20.7. The van der Waals surface area contributed by atoms with Gasteiger partial charge in [-0.2, -0.15) is 0 Å². The summed E-state index contributed by atoms with van der Waals surface area (Å²) in [5, 5.41) is 15.2. The third-order valence-electron chi connectivity index (χ3n) is 5.65. The van der Waals surface area contributed by atoms with Crippen molar-refractivity contribution in [3.05, 3.63) is 70.6 Å². The number of ether oxygens (including phenoxy) is 1. The SMILES string of the molecule is CCCc1cc(-c2cc(NCCc3cc4ccsc4c(F)c3OC)ncn2)ccc1CC(=O)O. The molecule has 0 unspecified atom stereocenters. The van der Waals surface area contributed by atoms with Crippen LogP contribution in [0.15, 0.2) is 48.1 Å². The molecule has 0 aliphatic rings. The van der Waals surface area contributed by atoms with Gasteiger partial charge in [0.2, 0.25) is 0 Å². The minimum atomic E-state index is -0.840. The van der Waals surface area contributed by atoms with Crippen LogP contribution >= 0.6 is 11.3 Å². The number of aliphatic carboxylic acids is 1. The van der Waals surface area contributed by atoms with E-state index in [-0.39, 0.29) is 18.0 Å². The monoisotopic (exact) mass is 479 g/mol. The number of fused-ring (bicyclic) bond motifs is 1. The second-order valence-electron chi connectivity index (χ2n) is 7.99. The number of halogens is 1. The molecule has 0 fully saturated rings. The van der Waals surface area contributed by atoms with Crippen molar-refractivity contribution in [2.75, 3.05) is 19.0 Å². The zero-order valence-corrected chi connectivity index (χ0v) is 19.9. The van der Waals surface area contributed by atoms with Gasteiger partial charge in [-0.25, -0.2) is 14.4 Å². The topological polar surface area (TPSA) is 84.3 Å². The van der Waals surface area contributed by atoms with E-state index in [2.05, 4.69) is 22.2 Å². The molecule has 2 aromatic carbocycles. The molecule has 6 nitrogen and oxygen atoms in total. The first-order chi connectivity index (χ1) is 16.5. The molecule has 0 aliphatic carbocycles. The molecular formula is C26H26FN3O3S. The lowest BCUT2D eigenvalue weighted by Gasteiger charge is -2.12. The van der Waals surface area contributed by atoms with Crippen molar-refractivity contribution in [2.24, 2.45) is 0 Å². The molecule has 34 heavy (non-hydrogen) atoms. The molecule has 2 N–H and O–H groups in total. The number of methoxy groups -OCH3 is 1. The second kappa shape index (κ2) is 10.6. The van der Waals surface area contributed by atoms with Gasteiger partial charge in [0.1, 0.15) is 12.1 Å². The van der Waals surface area contributed by atoms with E-state index in [1.165, 1.54) is 24.8 Å². The van der Waals surface area contributed by atoms with Crippen LogP contribution in [0.5, 0.6) is 5.75 Å². The highest BCUT2D eigenvalue weighted by atomic mass is 32.1. The van der Waals surface area contributed by atoms with E-state index in [4.69, 9.17) is 4.74 Å². The third-order valence-corrected chi connectivity index (χ3v) is 6.57. The summed E-state index contributed by atoms with van der Waals surface area (Å²) in [6.07, 6.45) is 3.80. The van der Waals surface area contributed by atoms with Crippen LogP contribution in [0, 0.1) is 5.82 Å². The summed E-state index contributed by atoms with van der Waals surface area (Å²) in [5.74, 6) is -0.213. The van der Waals surface area contributed by atoms with E-state index in [9.17, 15) is 14.3 Å². The first-order valence-corrected chi connectivity index (χ1v) is 12.0. The van der Waals surface area contributed by atoms with Gasteiger partial charge < -0.3 is 15.2 Å². The number of hydrogen-bond acceptors (Lipinski definition) is 6. The number of anilines is 1. The Balaban J connectivity index is 1.50. The van der Waals surface area contributed by atoms with Gasteiger partial charge in [0.15, 0.2) is 11.6 Å². The Kier molecular flexibility index (Phi) is 7.37. The van der Waals surface area contributed by atoms with Crippen molar-refractivity contribution in [1.29, 1.82) is 0 Å². The largest absolute Gasteiger partial charge is 0.493 e. The maximum absolute atomic E-state index is 14.8. The van der Waals surface area contributed by atoms with E-state index in [0.717, 1.165) is 46.2 Å². The van der Waals surface area contributed by atoms with E-state index in [1.807, 2.05) is 41.8 Å². The molecule has 0 radical (unpaired) electrons. The molecule has 0 spiro atoms. The number of carbonyl (C=O) groups is 1. The smallest absolute Gasteiger partial charge is 0.307 e. The molecule has 0 bridgehead atoms. The number of aryl methyl sites for hydroxylation is 1. The number of nitrogens with one attached hydrogen (secondary N) is 1. The molecule has 0 saturated heterocycles. The Bertz CT molecular complexity index is 1320. The Morgan fingerprint density at radius 2 is 1.97 bits per heavy atom. The Morgan fingerprint density at radius 3 is 2.74 bits per heavy atom. The van der Waals surface area contributed by atoms with Crippen molar-refractivity contribution >= 4 is 33.2 Å². The number of nitrogens with zero attached hydrogens (tertiary/aromatic N) is 2. The van der Waals surface area contributed by atoms with Crippen molar-refractivity contribution in [1.82, 2.24) is 9.97 Å². The minimum Gasteiger partial charge on any atom is -0.493 e. The van der Waals surface area contributed by atoms with E-state index >= 15 is 0 Å². The van der Waals surface area contributed by atoms with Gasteiger partial charge in [0.05, 0.1) is 23.9 Å². The molecule has 0 saturated carbocycles. The van der Waals surface area contributed by atoms with Crippen molar-refractivity contribution < 1.29 is 19.0 Å². The molecule has 8 heteroatoms. The van der Waals surface area contributed by atoms with Crippen LogP contribution in [0.2, 0.25) is 0 Å². The number of carboxylic acids is 1. The highest BCUT2D eigenvalue weighted by molar-refractivity contribution is 7.17. The molecule has 2 heterocycles. The lowest BCUT2D eigenvalue weighted by Crippen LogP contribution is -2.08. The molecular weight excluding hydrogens is 453 g/mol. The first kappa shape index (κ1) is 23.6. The summed E-state index contributed by atoms with van der Waals surface area (Å²) >= 11 is 1.36. The van der Waals surface area contributed by atoms with Crippen LogP contribution in [0.1, 0.15) is 30.0 Å². The van der Waals surface area contributed by atoms with Crippen LogP contribution in [0.25, 0.3) is 21.3 Å².